The smallest absolute Gasteiger partial charge is 0.339 e. The Morgan fingerprint density at radius 2 is 1.77 bits per heavy atom. The number of piperazine rings is 1. The lowest BCUT2D eigenvalue weighted by Crippen LogP contribution is -2.50. The van der Waals surface area contributed by atoms with Gasteiger partial charge >= 0.3 is 5.97 Å². The van der Waals surface area contributed by atoms with Crippen molar-refractivity contribution in [3.8, 4) is 6.07 Å². The first-order valence-corrected chi connectivity index (χ1v) is 8.07. The van der Waals surface area contributed by atoms with Gasteiger partial charge in [-0.05, 0) is 12.1 Å². The minimum atomic E-state index is -0.522. The van der Waals surface area contributed by atoms with Crippen molar-refractivity contribution in [2.45, 2.75) is 6.92 Å². The first-order valence-electron chi connectivity index (χ1n) is 8.07. The van der Waals surface area contributed by atoms with Gasteiger partial charge in [-0.25, -0.2) is 4.79 Å². The van der Waals surface area contributed by atoms with Crippen molar-refractivity contribution in [2.24, 2.45) is 0 Å². The van der Waals surface area contributed by atoms with E-state index in [1.54, 1.807) is 29.2 Å². The number of rotatable bonds is 4. The predicted octanol–water partition coefficient (Wildman–Crippen LogP) is 0.983. The van der Waals surface area contributed by atoms with Crippen LogP contribution >= 0.6 is 0 Å². The Labute approximate surface area is 151 Å². The lowest BCUT2D eigenvalue weighted by atomic mass is 10.1. The molecule has 1 N–H and O–H groups in total. The van der Waals surface area contributed by atoms with Gasteiger partial charge in [-0.2, -0.15) is 5.26 Å². The van der Waals surface area contributed by atoms with Crippen LogP contribution in [0.5, 0.6) is 0 Å². The van der Waals surface area contributed by atoms with Crippen LogP contribution in [0.2, 0.25) is 0 Å². The van der Waals surface area contributed by atoms with Crippen molar-refractivity contribution >= 4 is 23.5 Å². The molecule has 1 aromatic rings. The number of hydrogen-bond acceptors (Lipinski definition) is 6. The Kier molecular flexibility index (Phi) is 6.33. The minimum Gasteiger partial charge on any atom is -0.465 e. The van der Waals surface area contributed by atoms with Crippen LogP contribution in [0, 0.1) is 11.3 Å². The molecule has 1 aromatic carbocycles. The molecule has 0 aliphatic carbocycles. The molecule has 1 fully saturated rings. The van der Waals surface area contributed by atoms with Gasteiger partial charge in [0.25, 0.3) is 5.91 Å². The summed E-state index contributed by atoms with van der Waals surface area (Å²) in [4.78, 5) is 38.8. The Hall–Kier alpha value is -3.34. The van der Waals surface area contributed by atoms with E-state index in [1.165, 1.54) is 25.1 Å². The van der Waals surface area contributed by atoms with E-state index in [0.29, 0.717) is 37.4 Å². The van der Waals surface area contributed by atoms with Crippen molar-refractivity contribution < 1.29 is 19.1 Å². The maximum Gasteiger partial charge on any atom is 0.339 e. The number of benzene rings is 1. The van der Waals surface area contributed by atoms with Gasteiger partial charge in [0.1, 0.15) is 11.6 Å². The molecule has 0 bridgehead atoms. The van der Waals surface area contributed by atoms with E-state index in [2.05, 4.69) is 5.32 Å². The lowest BCUT2D eigenvalue weighted by Gasteiger charge is -2.34. The van der Waals surface area contributed by atoms with E-state index >= 15 is 0 Å². The third-order valence-corrected chi connectivity index (χ3v) is 4.07. The maximum atomic E-state index is 12.5. The highest BCUT2D eigenvalue weighted by atomic mass is 16.5. The van der Waals surface area contributed by atoms with Gasteiger partial charge in [0.2, 0.25) is 5.91 Å². The van der Waals surface area contributed by atoms with Gasteiger partial charge in [-0.15, -0.1) is 0 Å². The van der Waals surface area contributed by atoms with Crippen molar-refractivity contribution in [2.75, 3.05) is 38.6 Å². The molecule has 0 radical (unpaired) electrons. The number of para-hydroxylation sites is 1. The zero-order valence-electron chi connectivity index (χ0n) is 14.7. The van der Waals surface area contributed by atoms with Crippen LogP contribution in [-0.2, 0) is 14.3 Å². The Bertz CT molecular complexity index is 774. The van der Waals surface area contributed by atoms with Gasteiger partial charge in [-0.3, -0.25) is 9.59 Å². The van der Waals surface area contributed by atoms with E-state index in [9.17, 15) is 19.6 Å². The number of nitriles is 1. The highest BCUT2D eigenvalue weighted by molar-refractivity contribution is 5.99. The predicted molar refractivity (Wildman–Crippen MR) is 93.9 cm³/mol. The summed E-state index contributed by atoms with van der Waals surface area (Å²) in [6.45, 7) is 3.11. The Morgan fingerprint density at radius 1 is 1.15 bits per heavy atom. The molecule has 8 heteroatoms. The average Bonchev–Trinajstić information content (AvgIpc) is 2.68. The monoisotopic (exact) mass is 356 g/mol. The summed E-state index contributed by atoms with van der Waals surface area (Å²) >= 11 is 0. The largest absolute Gasteiger partial charge is 0.465 e. The van der Waals surface area contributed by atoms with Crippen LogP contribution in [0.15, 0.2) is 36.0 Å². The second-order valence-electron chi connectivity index (χ2n) is 5.65. The number of anilines is 1. The molecule has 8 nitrogen and oxygen atoms in total. The number of amides is 2. The summed E-state index contributed by atoms with van der Waals surface area (Å²) in [5.74, 6) is -0.973. The number of methoxy groups -OCH3 is 1. The molecule has 1 heterocycles. The summed E-state index contributed by atoms with van der Waals surface area (Å²) in [5.41, 5.74) is 0.647. The van der Waals surface area contributed by atoms with E-state index in [4.69, 9.17) is 4.74 Å². The van der Waals surface area contributed by atoms with Gasteiger partial charge < -0.3 is 19.9 Å². The fourth-order valence-corrected chi connectivity index (χ4v) is 2.58. The molecule has 26 heavy (non-hydrogen) atoms. The quantitative estimate of drug-likeness (QED) is 0.490. The Balaban J connectivity index is 2.10. The van der Waals surface area contributed by atoms with E-state index in [1.807, 2.05) is 6.07 Å². The topological polar surface area (TPSA) is 103 Å². The molecule has 1 aliphatic rings. The molecule has 2 amide bonds. The van der Waals surface area contributed by atoms with Crippen molar-refractivity contribution in [3.63, 3.8) is 0 Å². The zero-order chi connectivity index (χ0) is 19.1. The van der Waals surface area contributed by atoms with Crippen molar-refractivity contribution in [1.29, 1.82) is 5.26 Å². The zero-order valence-corrected chi connectivity index (χ0v) is 14.7. The molecule has 0 atom stereocenters. The van der Waals surface area contributed by atoms with Crippen LogP contribution in [0.4, 0.5) is 5.69 Å². The molecule has 136 valence electrons. The first kappa shape index (κ1) is 19.0. The Morgan fingerprint density at radius 3 is 2.35 bits per heavy atom. The molecular weight excluding hydrogens is 336 g/mol. The fourth-order valence-electron chi connectivity index (χ4n) is 2.58. The summed E-state index contributed by atoms with van der Waals surface area (Å²) in [6.07, 6.45) is 1.28. The lowest BCUT2D eigenvalue weighted by molar-refractivity contribution is -0.136. The van der Waals surface area contributed by atoms with Crippen LogP contribution < -0.4 is 5.32 Å². The standard InChI is InChI=1S/C18H20N4O4/c1-13(23)21-7-9-22(10-8-21)17(24)14(11-19)12-20-16-6-4-3-5-15(16)18(25)26-2/h3-6,12,20H,7-10H2,1-2H3/b14-12-. The van der Waals surface area contributed by atoms with Crippen LogP contribution in [0.1, 0.15) is 17.3 Å². The third-order valence-electron chi connectivity index (χ3n) is 4.07. The minimum absolute atomic E-state index is 0.0331. The molecule has 2 rings (SSSR count). The molecule has 0 spiro atoms. The highest BCUT2D eigenvalue weighted by Crippen LogP contribution is 2.17. The van der Waals surface area contributed by atoms with E-state index in [-0.39, 0.29) is 11.5 Å². The normalized spacial score (nSPS) is 14.4. The number of carbonyl (C=O) groups excluding carboxylic acids is 3. The van der Waals surface area contributed by atoms with Crippen LogP contribution in [-0.4, -0.2) is 60.9 Å². The maximum absolute atomic E-state index is 12.5. The molecule has 0 unspecified atom stereocenters. The van der Waals surface area contributed by atoms with E-state index in [0.717, 1.165) is 0 Å². The molecule has 1 aliphatic heterocycles. The van der Waals surface area contributed by atoms with Gasteiger partial charge in [-0.1, -0.05) is 12.1 Å². The van der Waals surface area contributed by atoms with Crippen molar-refractivity contribution in [3.05, 3.63) is 41.6 Å². The fraction of sp³-hybridized carbons (Fsp3) is 0.333. The molecule has 1 saturated heterocycles. The number of esters is 1. The third kappa shape index (κ3) is 4.39. The van der Waals surface area contributed by atoms with E-state index < -0.39 is 11.9 Å². The second kappa shape index (κ2) is 8.67. The van der Waals surface area contributed by atoms with Crippen molar-refractivity contribution in [1.82, 2.24) is 9.80 Å². The van der Waals surface area contributed by atoms with Gasteiger partial charge in [0.05, 0.1) is 18.4 Å². The number of nitrogens with one attached hydrogen (secondary N) is 1. The van der Waals surface area contributed by atoms with Gasteiger partial charge in [0.15, 0.2) is 0 Å². The molecule has 0 saturated carbocycles. The second-order valence-corrected chi connectivity index (χ2v) is 5.65. The number of ether oxygens (including phenoxy) is 1. The summed E-state index contributed by atoms with van der Waals surface area (Å²) in [7, 11) is 1.28. The molecule has 0 aromatic heterocycles. The number of nitrogens with zero attached hydrogens (tertiary/aromatic N) is 3. The van der Waals surface area contributed by atoms with Crippen LogP contribution in [0.3, 0.4) is 0 Å². The first-order chi connectivity index (χ1) is 12.5. The van der Waals surface area contributed by atoms with Crippen LogP contribution in [0.25, 0.3) is 0 Å². The summed E-state index contributed by atoms with van der Waals surface area (Å²) in [6, 6.07) is 8.51. The SMILES string of the molecule is COC(=O)c1ccccc1N/C=C(/C#N)C(=O)N1CCN(C(C)=O)CC1. The average molecular weight is 356 g/mol. The summed E-state index contributed by atoms with van der Waals surface area (Å²) in [5, 5.41) is 12.1. The molecular formula is C18H20N4O4. The number of carbonyl (C=O) groups is 3. The van der Waals surface area contributed by atoms with Gasteiger partial charge in [0, 0.05) is 39.3 Å². The summed E-state index contributed by atoms with van der Waals surface area (Å²) < 4.78 is 4.71. The number of hydrogen-bond donors (Lipinski definition) is 1. The highest BCUT2D eigenvalue weighted by Gasteiger charge is 2.24.